The molecule has 1 saturated carbocycles. The Kier molecular flexibility index (Phi) is 7.33. The number of nitrogens with one attached hydrogen (secondary N) is 3. The molecule has 1 saturated heterocycles. The third-order valence-electron chi connectivity index (χ3n) is 7.48. The van der Waals surface area contributed by atoms with Crippen LogP contribution in [0.1, 0.15) is 48.9 Å². The molecule has 2 fully saturated rings. The lowest BCUT2D eigenvalue weighted by Gasteiger charge is -2.31. The number of methoxy groups -OCH3 is 1. The number of halogens is 2. The van der Waals surface area contributed by atoms with E-state index in [1.807, 2.05) is 0 Å². The van der Waals surface area contributed by atoms with Gasteiger partial charge in [0.1, 0.15) is 11.4 Å². The first kappa shape index (κ1) is 26.1. The molecular weight excluding hydrogens is 496 g/mol. The van der Waals surface area contributed by atoms with E-state index in [1.165, 1.54) is 20.4 Å². The fourth-order valence-electron chi connectivity index (χ4n) is 5.40. The van der Waals surface area contributed by atoms with Gasteiger partial charge in [0.25, 0.3) is 11.8 Å². The summed E-state index contributed by atoms with van der Waals surface area (Å²) in [5.74, 6) is -4.14. The summed E-state index contributed by atoms with van der Waals surface area (Å²) in [4.78, 5) is 36.6. The fraction of sp³-hybridized carbons (Fsp3) is 0.538. The highest BCUT2D eigenvalue weighted by Gasteiger charge is 2.48. The molecule has 3 heterocycles. The molecule has 1 atom stereocenters. The lowest BCUT2D eigenvalue weighted by atomic mass is 10.1. The molecule has 38 heavy (non-hydrogen) atoms. The molecule has 0 spiro atoms. The summed E-state index contributed by atoms with van der Waals surface area (Å²) in [7, 11) is 2.81. The number of fused-ring (bicyclic) bond motifs is 1. The van der Waals surface area contributed by atoms with Crippen molar-refractivity contribution in [2.75, 3.05) is 48.9 Å². The van der Waals surface area contributed by atoms with Crippen LogP contribution in [-0.4, -0.2) is 73.6 Å². The van der Waals surface area contributed by atoms with Crippen LogP contribution in [0.5, 0.6) is 5.75 Å². The number of hydrogen-bond acceptors (Lipinski definition) is 8. The van der Waals surface area contributed by atoms with Crippen LogP contribution in [0.3, 0.4) is 0 Å². The lowest BCUT2D eigenvalue weighted by Crippen LogP contribution is -2.48. The number of nitrogens with zero attached hydrogens (tertiary/aromatic N) is 4. The molecule has 204 valence electrons. The summed E-state index contributed by atoms with van der Waals surface area (Å²) in [6, 6.07) is 4.95. The van der Waals surface area contributed by atoms with Crippen molar-refractivity contribution < 1.29 is 23.1 Å². The Bertz CT molecular complexity index is 1200. The maximum absolute atomic E-state index is 14.8. The van der Waals surface area contributed by atoms with E-state index in [-0.39, 0.29) is 29.6 Å². The van der Waals surface area contributed by atoms with Crippen LogP contribution in [-0.2, 0) is 4.79 Å². The molecule has 0 radical (unpaired) electrons. The molecule has 2 aromatic rings. The summed E-state index contributed by atoms with van der Waals surface area (Å²) in [6.07, 6.45) is 6.72. The van der Waals surface area contributed by atoms with Crippen molar-refractivity contribution in [3.8, 4) is 5.75 Å². The van der Waals surface area contributed by atoms with Gasteiger partial charge in [-0.1, -0.05) is 12.8 Å². The Hall–Kier alpha value is -3.54. The van der Waals surface area contributed by atoms with Crippen LogP contribution in [0.2, 0.25) is 0 Å². The second-order valence-electron chi connectivity index (χ2n) is 10.1. The van der Waals surface area contributed by atoms with E-state index in [2.05, 4.69) is 25.9 Å². The van der Waals surface area contributed by atoms with Gasteiger partial charge in [-0.3, -0.25) is 9.59 Å². The monoisotopic (exact) mass is 529 g/mol. The summed E-state index contributed by atoms with van der Waals surface area (Å²) in [5.41, 5.74) is 1.20. The minimum absolute atomic E-state index is 0.0771. The molecule has 10 nitrogen and oxygen atoms in total. The number of aromatic nitrogens is 2. The maximum atomic E-state index is 14.8. The average Bonchev–Trinajstić information content (AvgIpc) is 3.44. The first-order chi connectivity index (χ1) is 18.3. The Balaban J connectivity index is 1.41. The molecule has 3 aliphatic rings. The summed E-state index contributed by atoms with van der Waals surface area (Å²) in [5, 5.41) is 9.41. The van der Waals surface area contributed by atoms with Crippen LogP contribution >= 0.6 is 0 Å². The van der Waals surface area contributed by atoms with Gasteiger partial charge in [0, 0.05) is 31.2 Å². The van der Waals surface area contributed by atoms with Crippen LogP contribution < -0.4 is 30.5 Å². The molecule has 5 rings (SSSR count). The standard InChI is InChI=1S/C26H33F2N7O3/c1-34-20-14-30-25(33-22(20)35(18-7-3-4-8-18)15-26(27,28)24(34)37)32-19-10-9-16(12-21(19)38-2)23(36)31-17-6-5-11-29-13-17/h9-10,12,14,17-18,29H,3-8,11,13,15H2,1-2H3,(H,31,36)(H,30,32,33)/t17-/m1/s1. The molecule has 1 aromatic heterocycles. The highest BCUT2D eigenvalue weighted by molar-refractivity contribution is 6.02. The largest absolute Gasteiger partial charge is 0.495 e. The second kappa shape index (κ2) is 10.7. The number of carbonyl (C=O) groups excluding carboxylic acids is 2. The van der Waals surface area contributed by atoms with Crippen molar-refractivity contribution in [3.63, 3.8) is 0 Å². The van der Waals surface area contributed by atoms with Crippen molar-refractivity contribution in [1.82, 2.24) is 20.6 Å². The fourth-order valence-corrected chi connectivity index (χ4v) is 5.40. The number of alkyl halides is 2. The van der Waals surface area contributed by atoms with Gasteiger partial charge < -0.3 is 30.5 Å². The van der Waals surface area contributed by atoms with Gasteiger partial charge in [0.15, 0.2) is 5.82 Å². The first-order valence-electron chi connectivity index (χ1n) is 13.0. The van der Waals surface area contributed by atoms with Gasteiger partial charge in [0.05, 0.1) is 25.5 Å². The SMILES string of the molecule is COc1cc(C(=O)N[C@@H]2CCCNC2)ccc1Nc1ncc2c(n1)N(C1CCCC1)CC(F)(F)C(=O)N2C. The molecule has 2 amide bonds. The van der Waals surface area contributed by atoms with Crippen LogP contribution in [0.25, 0.3) is 0 Å². The van der Waals surface area contributed by atoms with E-state index < -0.39 is 18.4 Å². The summed E-state index contributed by atoms with van der Waals surface area (Å²) < 4.78 is 35.2. The Morgan fingerprint density at radius 3 is 2.71 bits per heavy atom. The molecule has 1 aromatic carbocycles. The smallest absolute Gasteiger partial charge is 0.342 e. The normalized spacial score (nSPS) is 21.6. The highest BCUT2D eigenvalue weighted by Crippen LogP contribution is 2.40. The third-order valence-corrected chi connectivity index (χ3v) is 7.48. The molecule has 3 N–H and O–H groups in total. The van der Waals surface area contributed by atoms with Gasteiger partial charge in [-0.05, 0) is 50.4 Å². The number of hydrogen-bond donors (Lipinski definition) is 3. The molecule has 0 unspecified atom stereocenters. The Labute approximate surface area is 220 Å². The first-order valence-corrected chi connectivity index (χ1v) is 13.0. The van der Waals surface area contributed by atoms with E-state index in [0.29, 0.717) is 22.8 Å². The van der Waals surface area contributed by atoms with Gasteiger partial charge >= 0.3 is 5.92 Å². The number of carbonyl (C=O) groups is 2. The number of ether oxygens (including phenoxy) is 1. The number of benzene rings is 1. The zero-order valence-corrected chi connectivity index (χ0v) is 21.6. The van der Waals surface area contributed by atoms with Crippen molar-refractivity contribution in [2.45, 2.75) is 56.5 Å². The predicted molar refractivity (Wildman–Crippen MR) is 140 cm³/mol. The minimum atomic E-state index is -3.54. The average molecular weight is 530 g/mol. The van der Waals surface area contributed by atoms with Gasteiger partial charge in [0.2, 0.25) is 5.95 Å². The number of piperidine rings is 1. The second-order valence-corrected chi connectivity index (χ2v) is 10.1. The quantitative estimate of drug-likeness (QED) is 0.524. The van der Waals surface area contributed by atoms with Crippen molar-refractivity contribution >= 4 is 35.0 Å². The number of anilines is 4. The van der Waals surface area contributed by atoms with E-state index in [4.69, 9.17) is 4.74 Å². The van der Waals surface area contributed by atoms with Crippen LogP contribution in [0.4, 0.5) is 31.9 Å². The van der Waals surface area contributed by atoms with E-state index >= 15 is 0 Å². The van der Waals surface area contributed by atoms with Crippen LogP contribution in [0.15, 0.2) is 24.4 Å². The van der Waals surface area contributed by atoms with E-state index in [1.54, 1.807) is 23.1 Å². The zero-order chi connectivity index (χ0) is 26.9. The number of amides is 2. The summed E-state index contributed by atoms with van der Waals surface area (Å²) >= 11 is 0. The molecule has 12 heteroatoms. The molecule has 2 aliphatic heterocycles. The predicted octanol–water partition coefficient (Wildman–Crippen LogP) is 3.07. The molecular formula is C26H33F2N7O3. The highest BCUT2D eigenvalue weighted by atomic mass is 19.3. The van der Waals surface area contributed by atoms with Crippen molar-refractivity contribution in [1.29, 1.82) is 0 Å². The van der Waals surface area contributed by atoms with Crippen LogP contribution in [0, 0.1) is 0 Å². The van der Waals surface area contributed by atoms with E-state index in [0.717, 1.165) is 56.5 Å². The van der Waals surface area contributed by atoms with Gasteiger partial charge in [-0.2, -0.15) is 13.8 Å². The van der Waals surface area contributed by atoms with Gasteiger partial charge in [-0.15, -0.1) is 0 Å². The Morgan fingerprint density at radius 1 is 1.21 bits per heavy atom. The lowest BCUT2D eigenvalue weighted by molar-refractivity contribution is -0.140. The minimum Gasteiger partial charge on any atom is -0.495 e. The van der Waals surface area contributed by atoms with Gasteiger partial charge in [-0.25, -0.2) is 4.98 Å². The Morgan fingerprint density at radius 2 is 2.00 bits per heavy atom. The van der Waals surface area contributed by atoms with E-state index in [9.17, 15) is 18.4 Å². The topological polar surface area (TPSA) is 112 Å². The van der Waals surface area contributed by atoms with Crippen molar-refractivity contribution in [3.05, 3.63) is 30.0 Å². The molecule has 0 bridgehead atoms. The third kappa shape index (κ3) is 5.22. The summed E-state index contributed by atoms with van der Waals surface area (Å²) in [6.45, 7) is 0.968. The van der Waals surface area contributed by atoms with Crippen molar-refractivity contribution in [2.24, 2.45) is 0 Å². The number of rotatable bonds is 6. The zero-order valence-electron chi connectivity index (χ0n) is 21.6. The maximum Gasteiger partial charge on any atom is 0.342 e. The molecule has 1 aliphatic carbocycles.